The van der Waals surface area contributed by atoms with E-state index in [0.717, 1.165) is 42.5 Å². The summed E-state index contributed by atoms with van der Waals surface area (Å²) in [6, 6.07) is 6.35. The average Bonchev–Trinajstić information content (AvgIpc) is 2.48. The summed E-state index contributed by atoms with van der Waals surface area (Å²) < 4.78 is 71.6. The summed E-state index contributed by atoms with van der Waals surface area (Å²) >= 11 is 0. The van der Waals surface area contributed by atoms with Gasteiger partial charge in [-0.15, -0.1) is 0 Å². The minimum Gasteiger partial charge on any atom is -0.478 e. The maximum Gasteiger partial charge on any atom is 0.335 e. The maximum absolute atomic E-state index is 13.7. The van der Waals surface area contributed by atoms with Crippen LogP contribution in [0.2, 0.25) is 0 Å². The highest BCUT2D eigenvalue weighted by atomic mass is 19.3. The fourth-order valence-corrected chi connectivity index (χ4v) is 1.83. The summed E-state index contributed by atoms with van der Waals surface area (Å²) in [5.74, 6) is -11.3. The quantitative estimate of drug-likeness (QED) is 0.770. The van der Waals surface area contributed by atoms with Crippen LogP contribution in [0.3, 0.4) is 0 Å². The molecule has 24 heavy (non-hydrogen) atoms. The fraction of sp³-hybridized carbons (Fsp3) is 0.188. The number of ether oxygens (including phenoxy) is 1. The highest BCUT2D eigenvalue weighted by molar-refractivity contribution is 5.87. The Morgan fingerprint density at radius 2 is 1.62 bits per heavy atom. The first-order valence-electron chi connectivity index (χ1n) is 6.59. The number of hydrogen-bond acceptors (Lipinski definition) is 2. The van der Waals surface area contributed by atoms with E-state index >= 15 is 0 Å². The van der Waals surface area contributed by atoms with Crippen LogP contribution in [0, 0.1) is 5.82 Å². The fourth-order valence-electron chi connectivity index (χ4n) is 1.83. The zero-order valence-electron chi connectivity index (χ0n) is 12.2. The van der Waals surface area contributed by atoms with E-state index in [1.165, 1.54) is 0 Å². The topological polar surface area (TPSA) is 46.5 Å². The Kier molecular flexibility index (Phi) is 4.50. The van der Waals surface area contributed by atoms with Crippen molar-refractivity contribution in [3.63, 3.8) is 0 Å². The highest BCUT2D eigenvalue weighted by Gasteiger charge is 2.53. The van der Waals surface area contributed by atoms with E-state index in [-0.39, 0.29) is 24.0 Å². The molecule has 1 N–H and O–H groups in total. The van der Waals surface area contributed by atoms with Gasteiger partial charge in [-0.2, -0.15) is 17.6 Å². The first kappa shape index (κ1) is 17.7. The standard InChI is InChI=1S/C16H11F5O3/c1-15(18,19)16(20,21)10-3-5-11(6-4-10)24-13-7-2-9(14(22)23)8-12(13)17/h2-8H,1H3,(H,22,23). The number of carboxylic acids is 1. The minimum absolute atomic E-state index is 0.0732. The molecule has 0 atom stereocenters. The first-order chi connectivity index (χ1) is 11.0. The third-order valence-corrected chi connectivity index (χ3v) is 3.17. The molecule has 0 radical (unpaired) electrons. The van der Waals surface area contributed by atoms with Gasteiger partial charge in [0.15, 0.2) is 11.6 Å². The lowest BCUT2D eigenvalue weighted by Crippen LogP contribution is -2.34. The van der Waals surface area contributed by atoms with Crippen molar-refractivity contribution in [1.82, 2.24) is 0 Å². The molecular weight excluding hydrogens is 335 g/mol. The van der Waals surface area contributed by atoms with Gasteiger partial charge in [-0.1, -0.05) is 0 Å². The predicted molar refractivity (Wildman–Crippen MR) is 74.4 cm³/mol. The molecule has 0 amide bonds. The van der Waals surface area contributed by atoms with E-state index in [1.54, 1.807) is 0 Å². The van der Waals surface area contributed by atoms with Crippen molar-refractivity contribution in [3.8, 4) is 11.5 Å². The van der Waals surface area contributed by atoms with Crippen LogP contribution in [0.5, 0.6) is 11.5 Å². The second kappa shape index (κ2) is 6.10. The number of hydrogen-bond donors (Lipinski definition) is 1. The lowest BCUT2D eigenvalue weighted by Gasteiger charge is -2.23. The van der Waals surface area contributed by atoms with E-state index in [1.807, 2.05) is 0 Å². The van der Waals surface area contributed by atoms with Crippen molar-refractivity contribution in [2.75, 3.05) is 0 Å². The van der Waals surface area contributed by atoms with Gasteiger partial charge in [0.25, 0.3) is 0 Å². The van der Waals surface area contributed by atoms with Gasteiger partial charge in [0.2, 0.25) is 0 Å². The summed E-state index contributed by atoms with van der Waals surface area (Å²) in [5, 5.41) is 8.72. The molecule has 0 spiro atoms. The number of alkyl halides is 4. The van der Waals surface area contributed by atoms with E-state index in [9.17, 15) is 26.7 Å². The van der Waals surface area contributed by atoms with E-state index in [2.05, 4.69) is 0 Å². The number of halogens is 5. The normalized spacial score (nSPS) is 12.1. The van der Waals surface area contributed by atoms with Crippen LogP contribution in [0.15, 0.2) is 42.5 Å². The Bertz CT molecular complexity index is 751. The van der Waals surface area contributed by atoms with Crippen LogP contribution in [0.4, 0.5) is 22.0 Å². The first-order valence-corrected chi connectivity index (χ1v) is 6.59. The Labute approximate surface area is 133 Å². The molecule has 2 rings (SSSR count). The van der Waals surface area contributed by atoms with Gasteiger partial charge in [0.1, 0.15) is 5.75 Å². The van der Waals surface area contributed by atoms with Crippen LogP contribution in [-0.4, -0.2) is 17.0 Å². The molecule has 0 fully saturated rings. The SMILES string of the molecule is CC(F)(F)C(F)(F)c1ccc(Oc2ccc(C(=O)O)cc2F)cc1. The number of carboxylic acid groups (broad SMARTS) is 1. The summed E-state index contributed by atoms with van der Waals surface area (Å²) in [5.41, 5.74) is -1.20. The summed E-state index contributed by atoms with van der Waals surface area (Å²) in [4.78, 5) is 10.7. The van der Waals surface area contributed by atoms with Crippen molar-refractivity contribution in [2.45, 2.75) is 18.8 Å². The zero-order valence-corrected chi connectivity index (χ0v) is 12.2. The molecule has 0 unspecified atom stereocenters. The Morgan fingerprint density at radius 1 is 1.04 bits per heavy atom. The van der Waals surface area contributed by atoms with E-state index in [4.69, 9.17) is 9.84 Å². The second-order valence-corrected chi connectivity index (χ2v) is 5.04. The summed E-state index contributed by atoms with van der Waals surface area (Å²) in [6.07, 6.45) is 0. The van der Waals surface area contributed by atoms with Crippen LogP contribution < -0.4 is 4.74 Å². The predicted octanol–water partition coefficient (Wildman–Crippen LogP) is 5.06. The van der Waals surface area contributed by atoms with Gasteiger partial charge in [-0.25, -0.2) is 9.18 Å². The largest absolute Gasteiger partial charge is 0.478 e. The highest BCUT2D eigenvalue weighted by Crippen LogP contribution is 2.43. The molecule has 128 valence electrons. The summed E-state index contributed by atoms with van der Waals surface area (Å²) in [6.45, 7) is 0.108. The van der Waals surface area contributed by atoms with Gasteiger partial charge in [-0.3, -0.25) is 0 Å². The van der Waals surface area contributed by atoms with Gasteiger partial charge in [0, 0.05) is 12.5 Å². The lowest BCUT2D eigenvalue weighted by molar-refractivity contribution is -0.204. The van der Waals surface area contributed by atoms with Gasteiger partial charge < -0.3 is 9.84 Å². The molecule has 0 aliphatic heterocycles. The molecule has 3 nitrogen and oxygen atoms in total. The van der Waals surface area contributed by atoms with Crippen molar-refractivity contribution >= 4 is 5.97 Å². The Hall–Kier alpha value is -2.64. The van der Waals surface area contributed by atoms with Gasteiger partial charge in [-0.05, 0) is 42.5 Å². The molecule has 0 saturated heterocycles. The van der Waals surface area contributed by atoms with Crippen molar-refractivity contribution in [1.29, 1.82) is 0 Å². The molecule has 0 aliphatic rings. The number of aromatic carboxylic acids is 1. The average molecular weight is 346 g/mol. The van der Waals surface area contributed by atoms with Gasteiger partial charge in [0.05, 0.1) is 5.56 Å². The molecule has 0 saturated carbocycles. The molecule has 0 bridgehead atoms. The second-order valence-electron chi connectivity index (χ2n) is 5.04. The van der Waals surface area contributed by atoms with Crippen LogP contribution >= 0.6 is 0 Å². The molecule has 0 aliphatic carbocycles. The summed E-state index contributed by atoms with van der Waals surface area (Å²) in [7, 11) is 0. The van der Waals surface area contributed by atoms with E-state index < -0.39 is 29.2 Å². The van der Waals surface area contributed by atoms with Crippen LogP contribution in [0.25, 0.3) is 0 Å². The smallest absolute Gasteiger partial charge is 0.335 e. The molecule has 2 aromatic rings. The lowest BCUT2D eigenvalue weighted by atomic mass is 10.0. The van der Waals surface area contributed by atoms with Crippen LogP contribution in [-0.2, 0) is 5.92 Å². The van der Waals surface area contributed by atoms with Crippen LogP contribution in [0.1, 0.15) is 22.8 Å². The zero-order chi connectivity index (χ0) is 18.1. The maximum atomic E-state index is 13.7. The Morgan fingerprint density at radius 3 is 2.08 bits per heavy atom. The Balaban J connectivity index is 2.22. The number of rotatable bonds is 5. The molecule has 0 aromatic heterocycles. The van der Waals surface area contributed by atoms with Crippen molar-refractivity contribution < 1.29 is 36.6 Å². The molecular formula is C16H11F5O3. The van der Waals surface area contributed by atoms with Gasteiger partial charge >= 0.3 is 17.8 Å². The third-order valence-electron chi connectivity index (χ3n) is 3.17. The van der Waals surface area contributed by atoms with Crippen molar-refractivity contribution in [3.05, 3.63) is 59.4 Å². The number of carbonyl (C=O) groups is 1. The molecule has 0 heterocycles. The van der Waals surface area contributed by atoms with Crippen molar-refractivity contribution in [2.24, 2.45) is 0 Å². The monoisotopic (exact) mass is 346 g/mol. The molecule has 8 heteroatoms. The van der Waals surface area contributed by atoms with E-state index in [0.29, 0.717) is 0 Å². The third kappa shape index (κ3) is 3.47. The minimum atomic E-state index is -4.36. The molecule has 2 aromatic carbocycles. The number of benzene rings is 2.